The minimum absolute atomic E-state index is 0.243. The Labute approximate surface area is 135 Å². The highest BCUT2D eigenvalue weighted by molar-refractivity contribution is 7.09. The summed E-state index contributed by atoms with van der Waals surface area (Å²) >= 11 is 0.893. The summed E-state index contributed by atoms with van der Waals surface area (Å²) in [6.45, 7) is 5.26. The average Bonchev–Trinajstić information content (AvgIpc) is 3.02. The van der Waals surface area contributed by atoms with Crippen LogP contribution in [-0.2, 0) is 13.2 Å². The van der Waals surface area contributed by atoms with E-state index in [1.54, 1.807) is 32.5 Å². The van der Waals surface area contributed by atoms with Crippen molar-refractivity contribution in [1.82, 2.24) is 20.1 Å². The van der Waals surface area contributed by atoms with E-state index in [2.05, 4.69) is 15.4 Å². The van der Waals surface area contributed by atoms with Crippen molar-refractivity contribution in [3.05, 3.63) is 33.0 Å². The molecule has 0 saturated heterocycles. The standard InChI is InChI=1S/C14H17F3N4OS/c1-5-9(13-19-10(6-23-13)14(15,16)17)18-12(22)11-7(2)20-21(4)8(11)3/h6,9H,5H2,1-4H3,(H,18,22). The fourth-order valence-corrected chi connectivity index (χ4v) is 3.21. The monoisotopic (exact) mass is 346 g/mol. The van der Waals surface area contributed by atoms with E-state index in [4.69, 9.17) is 0 Å². The first kappa shape index (κ1) is 17.5. The third-order valence-electron chi connectivity index (χ3n) is 3.56. The molecule has 0 saturated carbocycles. The quantitative estimate of drug-likeness (QED) is 0.923. The van der Waals surface area contributed by atoms with Gasteiger partial charge in [0.1, 0.15) is 5.01 Å². The number of hydrogen-bond donors (Lipinski definition) is 1. The van der Waals surface area contributed by atoms with Crippen molar-refractivity contribution in [2.24, 2.45) is 7.05 Å². The molecular formula is C14H17F3N4OS. The van der Waals surface area contributed by atoms with Gasteiger partial charge >= 0.3 is 6.18 Å². The van der Waals surface area contributed by atoms with Gasteiger partial charge in [-0.3, -0.25) is 9.48 Å². The lowest BCUT2D eigenvalue weighted by Crippen LogP contribution is -2.29. The number of rotatable bonds is 4. The molecule has 126 valence electrons. The number of amides is 1. The third kappa shape index (κ3) is 3.54. The Hall–Kier alpha value is -1.90. The summed E-state index contributed by atoms with van der Waals surface area (Å²) in [5, 5.41) is 8.12. The maximum absolute atomic E-state index is 12.7. The molecule has 0 radical (unpaired) electrons. The van der Waals surface area contributed by atoms with E-state index in [0.29, 0.717) is 23.4 Å². The molecule has 2 heterocycles. The summed E-state index contributed by atoms with van der Waals surface area (Å²) < 4.78 is 39.5. The van der Waals surface area contributed by atoms with Gasteiger partial charge in [-0.25, -0.2) is 4.98 Å². The van der Waals surface area contributed by atoms with Crippen molar-refractivity contribution in [2.45, 2.75) is 39.4 Å². The summed E-state index contributed by atoms with van der Waals surface area (Å²) in [5.41, 5.74) is 0.787. The van der Waals surface area contributed by atoms with Crippen LogP contribution in [0.2, 0.25) is 0 Å². The Morgan fingerprint density at radius 3 is 2.52 bits per heavy atom. The fraction of sp³-hybridized carbons (Fsp3) is 0.500. The van der Waals surface area contributed by atoms with Gasteiger partial charge in [-0.15, -0.1) is 11.3 Å². The molecule has 1 unspecified atom stereocenters. The number of aromatic nitrogens is 3. The summed E-state index contributed by atoms with van der Waals surface area (Å²) in [6, 6.07) is -0.567. The fourth-order valence-electron chi connectivity index (χ4n) is 2.25. The molecule has 9 heteroatoms. The number of nitrogens with zero attached hydrogens (tertiary/aromatic N) is 3. The van der Waals surface area contributed by atoms with Gasteiger partial charge in [-0.1, -0.05) is 6.92 Å². The maximum atomic E-state index is 12.7. The van der Waals surface area contributed by atoms with Crippen LogP contribution in [0.5, 0.6) is 0 Å². The van der Waals surface area contributed by atoms with Gasteiger partial charge in [0.15, 0.2) is 5.69 Å². The van der Waals surface area contributed by atoms with E-state index in [9.17, 15) is 18.0 Å². The van der Waals surface area contributed by atoms with E-state index in [0.717, 1.165) is 16.7 Å². The van der Waals surface area contributed by atoms with Gasteiger partial charge in [0.25, 0.3) is 5.91 Å². The molecule has 0 aliphatic carbocycles. The number of carbonyl (C=O) groups is 1. The van der Waals surface area contributed by atoms with Crippen LogP contribution in [0.25, 0.3) is 0 Å². The second-order valence-corrected chi connectivity index (χ2v) is 6.06. The van der Waals surface area contributed by atoms with Crippen LogP contribution < -0.4 is 5.32 Å². The summed E-state index contributed by atoms with van der Waals surface area (Å²) in [4.78, 5) is 16.0. The Morgan fingerprint density at radius 1 is 1.43 bits per heavy atom. The minimum Gasteiger partial charge on any atom is -0.343 e. The first-order valence-corrected chi connectivity index (χ1v) is 7.86. The number of alkyl halides is 3. The van der Waals surface area contributed by atoms with Gasteiger partial charge in [0, 0.05) is 18.1 Å². The van der Waals surface area contributed by atoms with E-state index < -0.39 is 17.9 Å². The number of thiazole rings is 1. The highest BCUT2D eigenvalue weighted by Crippen LogP contribution is 2.32. The van der Waals surface area contributed by atoms with Crippen molar-refractivity contribution >= 4 is 17.2 Å². The molecule has 2 aromatic rings. The largest absolute Gasteiger partial charge is 0.434 e. The first-order chi connectivity index (χ1) is 10.6. The van der Waals surface area contributed by atoms with Crippen LogP contribution in [0.15, 0.2) is 5.38 Å². The second-order valence-electron chi connectivity index (χ2n) is 5.17. The van der Waals surface area contributed by atoms with Crippen LogP contribution in [0.4, 0.5) is 13.2 Å². The molecule has 0 bridgehead atoms. The van der Waals surface area contributed by atoms with Gasteiger partial charge in [0.2, 0.25) is 0 Å². The molecule has 0 fully saturated rings. The van der Waals surface area contributed by atoms with Crippen molar-refractivity contribution in [2.75, 3.05) is 0 Å². The first-order valence-electron chi connectivity index (χ1n) is 6.98. The van der Waals surface area contributed by atoms with Gasteiger partial charge in [-0.05, 0) is 20.3 Å². The Morgan fingerprint density at radius 2 is 2.09 bits per heavy atom. The zero-order chi connectivity index (χ0) is 17.4. The van der Waals surface area contributed by atoms with Gasteiger partial charge < -0.3 is 5.32 Å². The van der Waals surface area contributed by atoms with E-state index >= 15 is 0 Å². The maximum Gasteiger partial charge on any atom is 0.434 e. The molecule has 1 N–H and O–H groups in total. The lowest BCUT2D eigenvalue weighted by atomic mass is 10.1. The summed E-state index contributed by atoms with van der Waals surface area (Å²) in [6.07, 6.45) is -4.04. The minimum atomic E-state index is -4.48. The van der Waals surface area contributed by atoms with E-state index in [1.807, 2.05) is 0 Å². The molecule has 23 heavy (non-hydrogen) atoms. The number of aryl methyl sites for hydroxylation is 2. The van der Waals surface area contributed by atoms with Crippen LogP contribution >= 0.6 is 11.3 Å². The molecule has 0 aromatic carbocycles. The van der Waals surface area contributed by atoms with Crippen molar-refractivity contribution in [3.8, 4) is 0 Å². The second kappa shape index (κ2) is 6.31. The number of carbonyl (C=O) groups excluding carboxylic acids is 1. The third-order valence-corrected chi connectivity index (χ3v) is 4.52. The lowest BCUT2D eigenvalue weighted by molar-refractivity contribution is -0.140. The van der Waals surface area contributed by atoms with Crippen LogP contribution in [0.1, 0.15) is 51.8 Å². The highest BCUT2D eigenvalue weighted by Gasteiger charge is 2.34. The predicted molar refractivity (Wildman–Crippen MR) is 80.3 cm³/mol. The Kier molecular flexibility index (Phi) is 4.79. The molecule has 0 aliphatic rings. The molecule has 0 aliphatic heterocycles. The smallest absolute Gasteiger partial charge is 0.343 e. The molecule has 1 atom stereocenters. The molecule has 0 spiro atoms. The lowest BCUT2D eigenvalue weighted by Gasteiger charge is -2.14. The van der Waals surface area contributed by atoms with Gasteiger partial charge in [-0.2, -0.15) is 18.3 Å². The summed E-state index contributed by atoms with van der Waals surface area (Å²) in [7, 11) is 1.73. The van der Waals surface area contributed by atoms with Gasteiger partial charge in [0.05, 0.1) is 17.3 Å². The van der Waals surface area contributed by atoms with Crippen molar-refractivity contribution in [3.63, 3.8) is 0 Å². The zero-order valence-electron chi connectivity index (χ0n) is 13.2. The normalized spacial score (nSPS) is 13.2. The van der Waals surface area contributed by atoms with E-state index in [1.165, 1.54) is 0 Å². The summed E-state index contributed by atoms with van der Waals surface area (Å²) in [5.74, 6) is -0.358. The molecule has 1 amide bonds. The topological polar surface area (TPSA) is 59.8 Å². The zero-order valence-corrected chi connectivity index (χ0v) is 14.0. The molecule has 2 rings (SSSR count). The highest BCUT2D eigenvalue weighted by atomic mass is 32.1. The number of nitrogens with one attached hydrogen (secondary N) is 1. The molecule has 2 aromatic heterocycles. The molecule has 5 nitrogen and oxygen atoms in total. The molecular weight excluding hydrogens is 329 g/mol. The number of hydrogen-bond acceptors (Lipinski definition) is 4. The average molecular weight is 346 g/mol. The van der Waals surface area contributed by atoms with E-state index in [-0.39, 0.29) is 10.9 Å². The van der Waals surface area contributed by atoms with Crippen LogP contribution in [-0.4, -0.2) is 20.7 Å². The van der Waals surface area contributed by atoms with Crippen LogP contribution in [0, 0.1) is 13.8 Å². The van der Waals surface area contributed by atoms with Crippen molar-refractivity contribution in [1.29, 1.82) is 0 Å². The number of halogens is 3. The van der Waals surface area contributed by atoms with Crippen LogP contribution in [0.3, 0.4) is 0 Å². The predicted octanol–water partition coefficient (Wildman–Crippen LogP) is 3.39. The SMILES string of the molecule is CCC(NC(=O)c1c(C)nn(C)c1C)c1nc(C(F)(F)F)cs1. The Balaban J connectivity index is 2.22. The Bertz CT molecular complexity index is 720. The van der Waals surface area contributed by atoms with Crippen molar-refractivity contribution < 1.29 is 18.0 Å².